The van der Waals surface area contributed by atoms with Crippen molar-refractivity contribution in [3.8, 4) is 5.75 Å². The molecule has 0 fully saturated rings. The lowest BCUT2D eigenvalue weighted by Gasteiger charge is -2.26. The van der Waals surface area contributed by atoms with Crippen LogP contribution in [0.3, 0.4) is 0 Å². The highest BCUT2D eigenvalue weighted by Gasteiger charge is 2.23. The average molecular weight is 340 g/mol. The lowest BCUT2D eigenvalue weighted by atomic mass is 10.1. The van der Waals surface area contributed by atoms with Crippen LogP contribution in [-0.2, 0) is 13.0 Å². The summed E-state index contributed by atoms with van der Waals surface area (Å²) < 4.78 is 13.8. The van der Waals surface area contributed by atoms with Gasteiger partial charge in [0.25, 0.3) is 0 Å². The summed E-state index contributed by atoms with van der Waals surface area (Å²) >= 11 is 0. The van der Waals surface area contributed by atoms with Crippen molar-refractivity contribution in [1.82, 2.24) is 20.1 Å². The van der Waals surface area contributed by atoms with E-state index in [1.807, 2.05) is 30.7 Å². The molecule has 2 atom stereocenters. The Labute approximate surface area is 147 Å². The van der Waals surface area contributed by atoms with E-state index in [4.69, 9.17) is 9.15 Å². The van der Waals surface area contributed by atoms with Crippen LogP contribution >= 0.6 is 0 Å². The van der Waals surface area contributed by atoms with Gasteiger partial charge in [-0.1, -0.05) is 12.1 Å². The number of aryl methyl sites for hydroxylation is 2. The van der Waals surface area contributed by atoms with Gasteiger partial charge in [0.05, 0.1) is 19.2 Å². The Balaban J connectivity index is 1.50. The number of hydrogen-bond acceptors (Lipinski definition) is 5. The smallest absolute Gasteiger partial charge is 0.176 e. The summed E-state index contributed by atoms with van der Waals surface area (Å²) in [5.74, 6) is 3.68. The highest BCUT2D eigenvalue weighted by molar-refractivity contribution is 5.83. The monoisotopic (exact) mass is 340 g/mol. The zero-order valence-electron chi connectivity index (χ0n) is 15.0. The van der Waals surface area contributed by atoms with Gasteiger partial charge in [0, 0.05) is 17.8 Å². The first kappa shape index (κ1) is 16.1. The van der Waals surface area contributed by atoms with Crippen molar-refractivity contribution >= 4 is 11.0 Å². The molecule has 0 saturated heterocycles. The van der Waals surface area contributed by atoms with Crippen LogP contribution in [0.4, 0.5) is 0 Å². The number of nitrogens with zero attached hydrogens (tertiary/aromatic N) is 3. The number of hydrogen-bond donors (Lipinski definition) is 1. The molecule has 132 valence electrons. The van der Waals surface area contributed by atoms with Crippen molar-refractivity contribution < 1.29 is 9.15 Å². The fraction of sp³-hybridized carbons (Fsp3) is 0.474. The van der Waals surface area contributed by atoms with Crippen LogP contribution in [0.15, 0.2) is 28.7 Å². The van der Waals surface area contributed by atoms with Crippen molar-refractivity contribution in [2.24, 2.45) is 0 Å². The van der Waals surface area contributed by atoms with Gasteiger partial charge in [-0.15, -0.1) is 0 Å². The zero-order valence-corrected chi connectivity index (χ0v) is 15.0. The van der Waals surface area contributed by atoms with E-state index in [9.17, 15) is 0 Å². The molecule has 1 aliphatic rings. The minimum Gasteiger partial charge on any atom is -0.490 e. The highest BCUT2D eigenvalue weighted by atomic mass is 16.5. The molecule has 1 N–H and O–H groups in total. The first-order valence-corrected chi connectivity index (χ1v) is 8.95. The average Bonchev–Trinajstić information content (AvgIpc) is 3.18. The number of fused-ring (bicyclic) bond motifs is 2. The molecule has 0 amide bonds. The van der Waals surface area contributed by atoms with Gasteiger partial charge in [0.1, 0.15) is 17.4 Å². The second-order valence-corrected chi connectivity index (χ2v) is 6.64. The second-order valence-electron chi connectivity index (χ2n) is 6.64. The van der Waals surface area contributed by atoms with Crippen LogP contribution in [0.2, 0.25) is 0 Å². The fourth-order valence-corrected chi connectivity index (χ4v) is 3.54. The molecule has 0 radical (unpaired) electrons. The SMILES string of the molecule is CCOc1cccc2cc([C@H](C)N[C@@H]3CCc4nc(C)nn4C3)oc12. The third kappa shape index (κ3) is 3.14. The van der Waals surface area contributed by atoms with Crippen LogP contribution in [0.1, 0.15) is 43.7 Å². The summed E-state index contributed by atoms with van der Waals surface area (Å²) in [6.45, 7) is 7.55. The van der Waals surface area contributed by atoms with Crippen molar-refractivity contribution in [1.29, 1.82) is 0 Å². The number of aromatic nitrogens is 3. The maximum Gasteiger partial charge on any atom is 0.176 e. The fourth-order valence-electron chi connectivity index (χ4n) is 3.54. The summed E-state index contributed by atoms with van der Waals surface area (Å²) in [6.07, 6.45) is 2.02. The van der Waals surface area contributed by atoms with Gasteiger partial charge in [-0.3, -0.25) is 0 Å². The molecule has 1 aliphatic heterocycles. The zero-order chi connectivity index (χ0) is 17.4. The lowest BCUT2D eigenvalue weighted by Crippen LogP contribution is -2.39. The van der Waals surface area contributed by atoms with Crippen LogP contribution in [-0.4, -0.2) is 27.4 Å². The van der Waals surface area contributed by atoms with Crippen molar-refractivity contribution in [3.63, 3.8) is 0 Å². The molecule has 3 aromatic rings. The minimum absolute atomic E-state index is 0.123. The van der Waals surface area contributed by atoms with Gasteiger partial charge in [-0.2, -0.15) is 5.10 Å². The van der Waals surface area contributed by atoms with Gasteiger partial charge in [0.2, 0.25) is 0 Å². The predicted molar refractivity (Wildman–Crippen MR) is 95.8 cm³/mol. The molecular formula is C19H24N4O2. The van der Waals surface area contributed by atoms with E-state index in [-0.39, 0.29) is 6.04 Å². The Morgan fingerprint density at radius 2 is 2.32 bits per heavy atom. The largest absolute Gasteiger partial charge is 0.490 e. The molecule has 0 saturated carbocycles. The van der Waals surface area contributed by atoms with Crippen molar-refractivity contribution in [3.05, 3.63) is 41.7 Å². The highest BCUT2D eigenvalue weighted by Crippen LogP contribution is 2.31. The Morgan fingerprint density at radius 1 is 1.44 bits per heavy atom. The first-order valence-electron chi connectivity index (χ1n) is 8.95. The third-order valence-electron chi connectivity index (χ3n) is 4.70. The topological polar surface area (TPSA) is 65.1 Å². The minimum atomic E-state index is 0.123. The standard InChI is InChI=1S/C19H24N4O2/c1-4-24-16-7-5-6-14-10-17(25-19(14)16)12(2)20-15-8-9-18-21-13(3)22-23(18)11-15/h5-7,10,12,15,20H,4,8-9,11H2,1-3H3/t12-,15+/m0/s1. The molecule has 0 aliphatic carbocycles. The van der Waals surface area contributed by atoms with Gasteiger partial charge >= 0.3 is 0 Å². The van der Waals surface area contributed by atoms with E-state index >= 15 is 0 Å². The summed E-state index contributed by atoms with van der Waals surface area (Å²) in [4.78, 5) is 4.47. The Kier molecular flexibility index (Phi) is 4.21. The van der Waals surface area contributed by atoms with Crippen molar-refractivity contribution in [2.45, 2.75) is 52.2 Å². The Bertz CT molecular complexity index is 883. The number of para-hydroxylation sites is 1. The molecule has 25 heavy (non-hydrogen) atoms. The van der Waals surface area contributed by atoms with E-state index in [0.717, 1.165) is 53.5 Å². The normalized spacial score (nSPS) is 18.3. The van der Waals surface area contributed by atoms with Gasteiger partial charge in [0.15, 0.2) is 11.3 Å². The van der Waals surface area contributed by atoms with E-state index in [1.54, 1.807) is 0 Å². The van der Waals surface area contributed by atoms with Crippen molar-refractivity contribution in [2.75, 3.05) is 6.61 Å². The number of rotatable bonds is 5. The third-order valence-corrected chi connectivity index (χ3v) is 4.70. The molecule has 6 nitrogen and oxygen atoms in total. The summed E-state index contributed by atoms with van der Waals surface area (Å²) in [7, 11) is 0. The van der Waals surface area contributed by atoms with E-state index < -0.39 is 0 Å². The Hall–Kier alpha value is -2.34. The quantitative estimate of drug-likeness (QED) is 0.771. The molecule has 4 rings (SSSR count). The number of ether oxygens (including phenoxy) is 1. The molecule has 1 aromatic carbocycles. The Morgan fingerprint density at radius 3 is 3.16 bits per heavy atom. The van der Waals surface area contributed by atoms with E-state index in [1.165, 1.54) is 0 Å². The predicted octanol–water partition coefficient (Wildman–Crippen LogP) is 3.40. The van der Waals surface area contributed by atoms with E-state index in [2.05, 4.69) is 34.5 Å². The van der Waals surface area contributed by atoms with Gasteiger partial charge < -0.3 is 14.5 Å². The molecule has 6 heteroatoms. The van der Waals surface area contributed by atoms with Crippen LogP contribution < -0.4 is 10.1 Å². The molecule has 2 aromatic heterocycles. The molecule has 0 bridgehead atoms. The summed E-state index contributed by atoms with van der Waals surface area (Å²) in [5.41, 5.74) is 0.825. The first-order chi connectivity index (χ1) is 12.1. The van der Waals surface area contributed by atoms with Crippen LogP contribution in [0.5, 0.6) is 5.75 Å². The molecule has 3 heterocycles. The maximum atomic E-state index is 6.11. The van der Waals surface area contributed by atoms with Crippen LogP contribution in [0.25, 0.3) is 11.0 Å². The lowest BCUT2D eigenvalue weighted by molar-refractivity contribution is 0.313. The number of benzene rings is 1. The number of nitrogens with one attached hydrogen (secondary N) is 1. The van der Waals surface area contributed by atoms with E-state index in [0.29, 0.717) is 12.6 Å². The maximum absolute atomic E-state index is 6.11. The van der Waals surface area contributed by atoms with Gasteiger partial charge in [-0.25, -0.2) is 9.67 Å². The molecule has 0 unspecified atom stereocenters. The number of furan rings is 1. The summed E-state index contributed by atoms with van der Waals surface area (Å²) in [5, 5.41) is 9.22. The van der Waals surface area contributed by atoms with Crippen LogP contribution in [0, 0.1) is 6.92 Å². The molecule has 0 spiro atoms. The second kappa shape index (κ2) is 6.52. The summed E-state index contributed by atoms with van der Waals surface area (Å²) in [6, 6.07) is 8.60. The molecular weight excluding hydrogens is 316 g/mol. The van der Waals surface area contributed by atoms with Gasteiger partial charge in [-0.05, 0) is 39.3 Å².